The van der Waals surface area contributed by atoms with Crippen LogP contribution in [0.4, 0.5) is 0 Å². The van der Waals surface area contributed by atoms with Gasteiger partial charge < -0.3 is 4.74 Å². The fraction of sp³-hybridized carbons (Fsp3) is 0.222. The Hall–Kier alpha value is -2.13. The van der Waals surface area contributed by atoms with Gasteiger partial charge in [-0.05, 0) is 30.2 Å². The summed E-state index contributed by atoms with van der Waals surface area (Å²) in [6.45, 7) is 1.78. The van der Waals surface area contributed by atoms with E-state index in [2.05, 4.69) is 4.99 Å². The van der Waals surface area contributed by atoms with Crippen LogP contribution in [0.5, 0.6) is 0 Å². The molecule has 0 aliphatic heterocycles. The Morgan fingerprint density at radius 3 is 2.41 bits per heavy atom. The molecule has 2 rings (SSSR count). The number of benzene rings is 2. The van der Waals surface area contributed by atoms with Gasteiger partial charge in [0.15, 0.2) is 5.54 Å². The van der Waals surface area contributed by atoms with Gasteiger partial charge in [0.1, 0.15) is 0 Å². The minimum atomic E-state index is -0.963. The molecular weight excluding hydrogens is 298 g/mol. The minimum Gasteiger partial charge on any atom is -0.467 e. The molecule has 0 saturated heterocycles. The fourth-order valence-corrected chi connectivity index (χ4v) is 2.28. The highest BCUT2D eigenvalue weighted by atomic mass is 35.5. The van der Waals surface area contributed by atoms with Crippen LogP contribution in [-0.2, 0) is 16.0 Å². The second-order valence-electron chi connectivity index (χ2n) is 5.24. The Balaban J connectivity index is 2.25. The molecule has 0 bridgehead atoms. The Morgan fingerprint density at radius 2 is 1.82 bits per heavy atom. The van der Waals surface area contributed by atoms with E-state index < -0.39 is 5.54 Å². The summed E-state index contributed by atoms with van der Waals surface area (Å²) in [4.78, 5) is 16.6. The van der Waals surface area contributed by atoms with Crippen LogP contribution in [0.3, 0.4) is 0 Å². The molecular formula is C18H18ClNO2. The van der Waals surface area contributed by atoms with Crippen molar-refractivity contribution in [2.24, 2.45) is 4.99 Å². The highest BCUT2D eigenvalue weighted by Gasteiger charge is 2.33. The molecule has 0 fully saturated rings. The third-order valence-corrected chi connectivity index (χ3v) is 3.64. The van der Waals surface area contributed by atoms with Crippen LogP contribution in [0.25, 0.3) is 0 Å². The zero-order valence-electron chi connectivity index (χ0n) is 12.6. The predicted octanol–water partition coefficient (Wildman–Crippen LogP) is 3.93. The Labute approximate surface area is 135 Å². The van der Waals surface area contributed by atoms with Gasteiger partial charge in [0.25, 0.3) is 0 Å². The first kappa shape index (κ1) is 16.2. The number of hydrogen-bond acceptors (Lipinski definition) is 3. The number of methoxy groups -OCH3 is 1. The second-order valence-corrected chi connectivity index (χ2v) is 5.67. The van der Waals surface area contributed by atoms with Crippen molar-refractivity contribution < 1.29 is 9.53 Å². The van der Waals surface area contributed by atoms with Crippen LogP contribution < -0.4 is 0 Å². The lowest BCUT2D eigenvalue weighted by Gasteiger charge is -2.22. The molecule has 0 aliphatic carbocycles. The Kier molecular flexibility index (Phi) is 5.34. The molecule has 1 atom stereocenters. The number of halogens is 1. The smallest absolute Gasteiger partial charge is 0.333 e. The molecule has 0 radical (unpaired) electrons. The van der Waals surface area contributed by atoms with E-state index >= 15 is 0 Å². The molecule has 0 aromatic heterocycles. The molecule has 3 nitrogen and oxygen atoms in total. The number of esters is 1. The SMILES string of the molecule is COC(=O)[C@@](C)(Cc1ccccc1)N=Cc1ccc(Cl)cc1. The third-order valence-electron chi connectivity index (χ3n) is 3.38. The zero-order valence-corrected chi connectivity index (χ0v) is 13.4. The van der Waals surface area contributed by atoms with Crippen LogP contribution in [0.2, 0.25) is 5.02 Å². The first-order chi connectivity index (χ1) is 10.5. The summed E-state index contributed by atoms with van der Waals surface area (Å²) in [7, 11) is 1.38. The van der Waals surface area contributed by atoms with Gasteiger partial charge in [-0.2, -0.15) is 0 Å². The molecule has 0 unspecified atom stereocenters. The quantitative estimate of drug-likeness (QED) is 0.619. The van der Waals surface area contributed by atoms with E-state index in [1.165, 1.54) is 7.11 Å². The molecule has 0 spiro atoms. The lowest BCUT2D eigenvalue weighted by Crippen LogP contribution is -2.37. The first-order valence-corrected chi connectivity index (χ1v) is 7.34. The number of ether oxygens (including phenoxy) is 1. The highest BCUT2D eigenvalue weighted by molar-refractivity contribution is 6.30. The Morgan fingerprint density at radius 1 is 1.18 bits per heavy atom. The molecule has 0 N–H and O–H groups in total. The van der Waals surface area contributed by atoms with Crippen molar-refractivity contribution in [1.82, 2.24) is 0 Å². The predicted molar refractivity (Wildman–Crippen MR) is 89.6 cm³/mol. The minimum absolute atomic E-state index is 0.360. The van der Waals surface area contributed by atoms with E-state index in [9.17, 15) is 4.79 Å². The van der Waals surface area contributed by atoms with Crippen molar-refractivity contribution in [3.8, 4) is 0 Å². The van der Waals surface area contributed by atoms with Gasteiger partial charge >= 0.3 is 5.97 Å². The molecule has 114 valence electrons. The molecule has 2 aromatic carbocycles. The fourth-order valence-electron chi connectivity index (χ4n) is 2.15. The number of rotatable bonds is 5. The largest absolute Gasteiger partial charge is 0.467 e. The maximum absolute atomic E-state index is 12.2. The van der Waals surface area contributed by atoms with E-state index in [4.69, 9.17) is 16.3 Å². The van der Waals surface area contributed by atoms with Crippen molar-refractivity contribution >= 4 is 23.8 Å². The van der Waals surface area contributed by atoms with Gasteiger partial charge in [0.2, 0.25) is 0 Å². The first-order valence-electron chi connectivity index (χ1n) is 6.97. The van der Waals surface area contributed by atoms with Crippen LogP contribution in [-0.4, -0.2) is 24.8 Å². The molecule has 0 aliphatic rings. The molecule has 0 heterocycles. The maximum atomic E-state index is 12.2. The van der Waals surface area contributed by atoms with Crippen molar-refractivity contribution in [2.75, 3.05) is 7.11 Å². The van der Waals surface area contributed by atoms with Crippen molar-refractivity contribution in [2.45, 2.75) is 18.9 Å². The molecule has 0 amide bonds. The number of carbonyl (C=O) groups excluding carboxylic acids is 1. The summed E-state index contributed by atoms with van der Waals surface area (Å²) in [5.74, 6) is -0.360. The zero-order chi connectivity index (χ0) is 16.0. The summed E-state index contributed by atoms with van der Waals surface area (Å²) < 4.78 is 4.92. The standard InChI is InChI=1S/C18H18ClNO2/c1-18(17(21)22-2,12-14-6-4-3-5-7-14)20-13-15-8-10-16(19)11-9-15/h3-11,13H,12H2,1-2H3/t18-/m1/s1. The van der Waals surface area contributed by atoms with E-state index in [1.54, 1.807) is 25.3 Å². The lowest BCUT2D eigenvalue weighted by atomic mass is 9.93. The van der Waals surface area contributed by atoms with Crippen LogP contribution in [0, 0.1) is 0 Å². The summed E-state index contributed by atoms with van der Waals surface area (Å²) >= 11 is 5.86. The highest BCUT2D eigenvalue weighted by Crippen LogP contribution is 2.20. The summed E-state index contributed by atoms with van der Waals surface area (Å²) in [5, 5.41) is 0.664. The van der Waals surface area contributed by atoms with Crippen LogP contribution >= 0.6 is 11.6 Å². The van der Waals surface area contributed by atoms with Gasteiger partial charge in [-0.1, -0.05) is 54.1 Å². The number of nitrogens with zero attached hydrogens (tertiary/aromatic N) is 1. The molecule has 4 heteroatoms. The monoisotopic (exact) mass is 315 g/mol. The van der Waals surface area contributed by atoms with E-state index in [1.807, 2.05) is 42.5 Å². The normalized spacial score (nSPS) is 13.8. The van der Waals surface area contributed by atoms with Crippen molar-refractivity contribution in [3.05, 3.63) is 70.7 Å². The molecule has 2 aromatic rings. The van der Waals surface area contributed by atoms with Crippen LogP contribution in [0.1, 0.15) is 18.1 Å². The number of aliphatic imine (C=N–C) groups is 1. The van der Waals surface area contributed by atoms with E-state index in [-0.39, 0.29) is 5.97 Å². The van der Waals surface area contributed by atoms with Crippen molar-refractivity contribution in [1.29, 1.82) is 0 Å². The van der Waals surface area contributed by atoms with Gasteiger partial charge in [0.05, 0.1) is 7.11 Å². The maximum Gasteiger partial charge on any atom is 0.333 e. The lowest BCUT2D eigenvalue weighted by molar-refractivity contribution is -0.146. The Bertz CT molecular complexity index is 653. The summed E-state index contributed by atoms with van der Waals surface area (Å²) in [6, 6.07) is 17.0. The van der Waals surface area contributed by atoms with Gasteiger partial charge in [0, 0.05) is 17.7 Å². The van der Waals surface area contributed by atoms with E-state index in [0.29, 0.717) is 11.4 Å². The second kappa shape index (κ2) is 7.23. The average molecular weight is 316 g/mol. The molecule has 22 heavy (non-hydrogen) atoms. The number of carbonyl (C=O) groups is 1. The van der Waals surface area contributed by atoms with E-state index in [0.717, 1.165) is 11.1 Å². The average Bonchev–Trinajstić information content (AvgIpc) is 2.54. The van der Waals surface area contributed by atoms with Gasteiger partial charge in [-0.3, -0.25) is 4.99 Å². The van der Waals surface area contributed by atoms with Crippen LogP contribution in [0.15, 0.2) is 59.6 Å². The van der Waals surface area contributed by atoms with Gasteiger partial charge in [-0.25, -0.2) is 4.79 Å². The summed E-state index contributed by atoms with van der Waals surface area (Å²) in [5.41, 5.74) is 0.951. The third kappa shape index (κ3) is 4.18. The van der Waals surface area contributed by atoms with Gasteiger partial charge in [-0.15, -0.1) is 0 Å². The molecule has 0 saturated carbocycles. The topological polar surface area (TPSA) is 38.7 Å². The number of hydrogen-bond donors (Lipinski definition) is 0. The van der Waals surface area contributed by atoms with Crippen molar-refractivity contribution in [3.63, 3.8) is 0 Å². The summed E-state index contributed by atoms with van der Waals surface area (Å²) in [6.07, 6.45) is 2.15.